The molecule has 2 rings (SSSR count). The van der Waals surface area contributed by atoms with Gasteiger partial charge in [0.25, 0.3) is 0 Å². The van der Waals surface area contributed by atoms with Gasteiger partial charge in [0.1, 0.15) is 6.10 Å². The number of nitrogens with one attached hydrogen (secondary N) is 1. The molecule has 0 saturated carbocycles. The number of ether oxygens (including phenoxy) is 1. The average Bonchev–Trinajstić information content (AvgIpc) is 2.87. The van der Waals surface area contributed by atoms with Gasteiger partial charge in [0.05, 0.1) is 12.6 Å². The van der Waals surface area contributed by atoms with Crippen molar-refractivity contribution in [3.8, 4) is 0 Å². The van der Waals surface area contributed by atoms with Gasteiger partial charge < -0.3 is 15.2 Å². The Morgan fingerprint density at radius 1 is 1.43 bits per heavy atom. The number of carbonyl (C=O) groups excluding carboxylic acids is 1. The third-order valence-electron chi connectivity index (χ3n) is 3.55. The fourth-order valence-corrected chi connectivity index (χ4v) is 2.30. The van der Waals surface area contributed by atoms with E-state index in [1.165, 1.54) is 0 Å². The molecule has 1 amide bonds. The van der Waals surface area contributed by atoms with Crippen molar-refractivity contribution in [2.24, 2.45) is 5.92 Å². The number of halogens is 3. The van der Waals surface area contributed by atoms with Crippen molar-refractivity contribution in [1.29, 1.82) is 0 Å². The molecule has 0 spiro atoms. The number of rotatable bonds is 4. The summed E-state index contributed by atoms with van der Waals surface area (Å²) in [7, 11) is 0. The highest BCUT2D eigenvalue weighted by Gasteiger charge is 2.32. The maximum Gasteiger partial charge on any atom is 0.249 e. The summed E-state index contributed by atoms with van der Waals surface area (Å²) in [6.45, 7) is 1.74. The largest absolute Gasteiger partial charge is 0.394 e. The van der Waals surface area contributed by atoms with Gasteiger partial charge in [-0.3, -0.25) is 4.79 Å². The van der Waals surface area contributed by atoms with Crippen molar-refractivity contribution in [3.63, 3.8) is 0 Å². The highest BCUT2D eigenvalue weighted by atomic mass is 19.2. The predicted molar refractivity (Wildman–Crippen MR) is 67.8 cm³/mol. The standard InChI is InChI=1S/C14H16F3NO3/c1-7-2-3-21-13(7)14(20)18-11(6-19)8-4-9(15)12(17)10(16)5-8/h4-5,7,11,13,19H,2-3,6H2,1H3,(H,18,20). The van der Waals surface area contributed by atoms with Crippen LogP contribution in [0.3, 0.4) is 0 Å². The fraction of sp³-hybridized carbons (Fsp3) is 0.500. The number of amides is 1. The molecule has 7 heteroatoms. The molecule has 1 saturated heterocycles. The van der Waals surface area contributed by atoms with Crippen molar-refractivity contribution < 1.29 is 27.8 Å². The minimum Gasteiger partial charge on any atom is -0.394 e. The average molecular weight is 303 g/mol. The van der Waals surface area contributed by atoms with Crippen LogP contribution >= 0.6 is 0 Å². The number of hydrogen-bond acceptors (Lipinski definition) is 3. The summed E-state index contributed by atoms with van der Waals surface area (Å²) in [5, 5.41) is 11.8. The molecule has 0 bridgehead atoms. The lowest BCUT2D eigenvalue weighted by Crippen LogP contribution is -2.40. The monoisotopic (exact) mass is 303 g/mol. The Balaban J connectivity index is 2.14. The second kappa shape index (κ2) is 6.44. The smallest absolute Gasteiger partial charge is 0.249 e. The SMILES string of the molecule is CC1CCOC1C(=O)NC(CO)c1cc(F)c(F)c(F)c1. The number of carbonyl (C=O) groups is 1. The molecule has 21 heavy (non-hydrogen) atoms. The van der Waals surface area contributed by atoms with Gasteiger partial charge in [-0.2, -0.15) is 0 Å². The van der Waals surface area contributed by atoms with Gasteiger partial charge in [0.2, 0.25) is 5.91 Å². The van der Waals surface area contributed by atoms with Crippen molar-refractivity contribution in [1.82, 2.24) is 5.32 Å². The molecule has 3 unspecified atom stereocenters. The van der Waals surface area contributed by atoms with Gasteiger partial charge >= 0.3 is 0 Å². The first-order chi connectivity index (χ1) is 9.93. The topological polar surface area (TPSA) is 58.6 Å². The van der Waals surface area contributed by atoms with Crippen molar-refractivity contribution >= 4 is 5.91 Å². The number of aliphatic hydroxyl groups is 1. The Bertz CT molecular complexity index is 515. The number of aliphatic hydroxyl groups excluding tert-OH is 1. The van der Waals surface area contributed by atoms with E-state index < -0.39 is 42.1 Å². The van der Waals surface area contributed by atoms with Crippen molar-refractivity contribution in [2.75, 3.05) is 13.2 Å². The van der Waals surface area contributed by atoms with Gasteiger partial charge in [-0.15, -0.1) is 0 Å². The third kappa shape index (κ3) is 3.36. The van der Waals surface area contributed by atoms with Crippen molar-refractivity contribution in [2.45, 2.75) is 25.5 Å². The Morgan fingerprint density at radius 2 is 2.05 bits per heavy atom. The van der Waals surface area contributed by atoms with Gasteiger partial charge in [0, 0.05) is 6.61 Å². The van der Waals surface area contributed by atoms with E-state index in [9.17, 15) is 23.1 Å². The number of hydrogen-bond donors (Lipinski definition) is 2. The normalized spacial score (nSPS) is 23.1. The van der Waals surface area contributed by atoms with Crippen LogP contribution in [-0.4, -0.2) is 30.3 Å². The van der Waals surface area contributed by atoms with Gasteiger partial charge in [-0.05, 0) is 30.0 Å². The zero-order chi connectivity index (χ0) is 15.6. The van der Waals surface area contributed by atoms with Crippen LogP contribution in [0.5, 0.6) is 0 Å². The van der Waals surface area contributed by atoms with E-state index in [0.29, 0.717) is 6.61 Å². The molecule has 1 heterocycles. The maximum absolute atomic E-state index is 13.2. The number of benzene rings is 1. The first-order valence-electron chi connectivity index (χ1n) is 6.61. The predicted octanol–water partition coefficient (Wildman–Crippen LogP) is 1.68. The molecule has 1 aromatic rings. The van der Waals surface area contributed by atoms with E-state index in [-0.39, 0.29) is 11.5 Å². The zero-order valence-electron chi connectivity index (χ0n) is 11.4. The van der Waals surface area contributed by atoms with E-state index in [1.54, 1.807) is 0 Å². The van der Waals surface area contributed by atoms with E-state index in [1.807, 2.05) is 6.92 Å². The summed E-state index contributed by atoms with van der Waals surface area (Å²) >= 11 is 0. The summed E-state index contributed by atoms with van der Waals surface area (Å²) in [6.07, 6.45) is 0.0796. The first-order valence-corrected chi connectivity index (χ1v) is 6.61. The van der Waals surface area contributed by atoms with Gasteiger partial charge in [-0.25, -0.2) is 13.2 Å². The highest BCUT2D eigenvalue weighted by Crippen LogP contribution is 2.23. The second-order valence-corrected chi connectivity index (χ2v) is 5.10. The van der Waals surface area contributed by atoms with Gasteiger partial charge in [0.15, 0.2) is 17.5 Å². The van der Waals surface area contributed by atoms with Crippen LogP contribution in [-0.2, 0) is 9.53 Å². The van der Waals surface area contributed by atoms with E-state index in [4.69, 9.17) is 4.74 Å². The minimum absolute atomic E-state index is 0.0195. The van der Waals surface area contributed by atoms with E-state index >= 15 is 0 Å². The molecule has 1 aliphatic heterocycles. The molecule has 2 N–H and O–H groups in total. The van der Waals surface area contributed by atoms with Crippen LogP contribution in [0.4, 0.5) is 13.2 Å². The van der Waals surface area contributed by atoms with Crippen molar-refractivity contribution in [3.05, 3.63) is 35.1 Å². The molecule has 1 aromatic carbocycles. The molecule has 0 radical (unpaired) electrons. The van der Waals surface area contributed by atoms with Gasteiger partial charge in [-0.1, -0.05) is 6.92 Å². The quantitative estimate of drug-likeness (QED) is 0.832. The second-order valence-electron chi connectivity index (χ2n) is 5.10. The zero-order valence-corrected chi connectivity index (χ0v) is 11.4. The molecule has 116 valence electrons. The molecular weight excluding hydrogens is 287 g/mol. The summed E-state index contributed by atoms with van der Waals surface area (Å²) < 4.78 is 44.6. The lowest BCUT2D eigenvalue weighted by Gasteiger charge is -2.21. The molecule has 4 nitrogen and oxygen atoms in total. The molecule has 1 fully saturated rings. The van der Waals surface area contributed by atoms with Crippen LogP contribution in [0.25, 0.3) is 0 Å². The Kier molecular flexibility index (Phi) is 4.84. The molecular formula is C14H16F3NO3. The summed E-state index contributed by atoms with van der Waals surface area (Å²) in [4.78, 5) is 12.0. The van der Waals surface area contributed by atoms with E-state index in [2.05, 4.69) is 5.32 Å². The lowest BCUT2D eigenvalue weighted by molar-refractivity contribution is -0.132. The maximum atomic E-state index is 13.2. The van der Waals surface area contributed by atoms with Crippen LogP contribution in [0.1, 0.15) is 24.9 Å². The first kappa shape index (κ1) is 15.8. The molecule has 0 aromatic heterocycles. The Labute approximate surface area is 119 Å². The Hall–Kier alpha value is -1.60. The summed E-state index contributed by atoms with van der Waals surface area (Å²) in [5.41, 5.74) is -0.0482. The summed E-state index contributed by atoms with van der Waals surface area (Å²) in [6, 6.07) is 0.468. The summed E-state index contributed by atoms with van der Waals surface area (Å²) in [5.74, 6) is -4.78. The molecule has 3 atom stereocenters. The molecule has 1 aliphatic rings. The van der Waals surface area contributed by atoms with Crippen LogP contribution in [0.15, 0.2) is 12.1 Å². The van der Waals surface area contributed by atoms with Crippen LogP contribution in [0.2, 0.25) is 0 Å². The highest BCUT2D eigenvalue weighted by molar-refractivity contribution is 5.81. The fourth-order valence-electron chi connectivity index (χ4n) is 2.30. The minimum atomic E-state index is -1.59. The molecule has 0 aliphatic carbocycles. The van der Waals surface area contributed by atoms with Crippen LogP contribution in [0, 0.1) is 23.4 Å². The van der Waals surface area contributed by atoms with E-state index in [0.717, 1.165) is 18.6 Å². The third-order valence-corrected chi connectivity index (χ3v) is 3.55. The van der Waals surface area contributed by atoms with Crippen LogP contribution < -0.4 is 5.32 Å². The Morgan fingerprint density at radius 3 is 2.52 bits per heavy atom. The lowest BCUT2D eigenvalue weighted by atomic mass is 10.0.